The van der Waals surface area contributed by atoms with Gasteiger partial charge in [0.25, 0.3) is 5.91 Å². The predicted octanol–water partition coefficient (Wildman–Crippen LogP) is 3.56. The molecule has 0 aliphatic carbocycles. The number of hydrogen-bond acceptors (Lipinski definition) is 3. The minimum atomic E-state index is -0.484. The van der Waals surface area contributed by atoms with Gasteiger partial charge in [0.2, 0.25) is 5.91 Å². The highest BCUT2D eigenvalue weighted by atomic mass is 19.1. The van der Waals surface area contributed by atoms with E-state index in [0.717, 1.165) is 0 Å². The Morgan fingerprint density at radius 1 is 1.17 bits per heavy atom. The summed E-state index contributed by atoms with van der Waals surface area (Å²) in [4.78, 5) is 24.2. The predicted molar refractivity (Wildman–Crippen MR) is 87.3 cm³/mol. The number of carbonyl (C=O) groups is 2. The first-order chi connectivity index (χ1) is 11.5. The van der Waals surface area contributed by atoms with Gasteiger partial charge in [-0.1, -0.05) is 0 Å². The second kappa shape index (κ2) is 5.97. The van der Waals surface area contributed by atoms with E-state index in [9.17, 15) is 14.0 Å². The van der Waals surface area contributed by atoms with E-state index in [2.05, 4.69) is 5.32 Å². The first-order valence-electron chi connectivity index (χ1n) is 7.12. The van der Waals surface area contributed by atoms with Crippen molar-refractivity contribution in [3.63, 3.8) is 0 Å². The quantitative estimate of drug-likeness (QED) is 0.784. The third-order valence-electron chi connectivity index (χ3n) is 3.62. The normalized spacial score (nSPS) is 10.4. The summed E-state index contributed by atoms with van der Waals surface area (Å²) >= 11 is 0. The van der Waals surface area contributed by atoms with Gasteiger partial charge in [0.05, 0.1) is 22.7 Å². The molecule has 0 aliphatic rings. The van der Waals surface area contributed by atoms with Crippen LogP contribution in [0.15, 0.2) is 48.7 Å². The van der Waals surface area contributed by atoms with Gasteiger partial charge in [-0.3, -0.25) is 14.2 Å². The largest absolute Gasteiger partial charge is 0.322 e. The highest BCUT2D eigenvalue weighted by Crippen LogP contribution is 2.23. The number of benzene rings is 2. The number of carbonyl (C=O) groups excluding carboxylic acids is 2. The molecule has 3 aromatic rings. The average molecular weight is 321 g/mol. The van der Waals surface area contributed by atoms with Crippen molar-refractivity contribution in [3.05, 3.63) is 65.6 Å². The Bertz CT molecular complexity index is 998. The summed E-state index contributed by atoms with van der Waals surface area (Å²) < 4.78 is 14.7. The van der Waals surface area contributed by atoms with Crippen molar-refractivity contribution in [1.82, 2.24) is 4.57 Å². The molecule has 3 rings (SSSR count). The van der Waals surface area contributed by atoms with Gasteiger partial charge in [-0.15, -0.1) is 0 Å². The topological polar surface area (TPSA) is 74.9 Å². The van der Waals surface area contributed by atoms with E-state index in [1.807, 2.05) is 6.07 Å². The van der Waals surface area contributed by atoms with E-state index >= 15 is 0 Å². The lowest BCUT2D eigenvalue weighted by Crippen LogP contribution is -2.11. The van der Waals surface area contributed by atoms with Crippen LogP contribution in [0.2, 0.25) is 0 Å². The molecule has 0 radical (unpaired) electrons. The molecule has 118 valence electrons. The maximum Gasteiger partial charge on any atom is 0.257 e. The van der Waals surface area contributed by atoms with Crippen LogP contribution in [0.5, 0.6) is 0 Å². The lowest BCUT2D eigenvalue weighted by atomic mass is 10.1. The van der Waals surface area contributed by atoms with Gasteiger partial charge in [0, 0.05) is 24.2 Å². The van der Waals surface area contributed by atoms with E-state index < -0.39 is 11.7 Å². The number of nitrogens with zero attached hydrogens (tertiary/aromatic N) is 2. The molecule has 5 nitrogen and oxygen atoms in total. The van der Waals surface area contributed by atoms with Crippen LogP contribution in [-0.4, -0.2) is 16.4 Å². The van der Waals surface area contributed by atoms with Gasteiger partial charge in [-0.2, -0.15) is 5.26 Å². The second-order valence-electron chi connectivity index (χ2n) is 5.24. The zero-order chi connectivity index (χ0) is 17.3. The molecule has 0 saturated heterocycles. The molecule has 0 spiro atoms. The summed E-state index contributed by atoms with van der Waals surface area (Å²) in [7, 11) is 0. The average Bonchev–Trinajstić information content (AvgIpc) is 2.94. The summed E-state index contributed by atoms with van der Waals surface area (Å²) in [6.07, 6.45) is 1.39. The number of anilines is 1. The fourth-order valence-corrected chi connectivity index (χ4v) is 2.47. The van der Waals surface area contributed by atoms with Gasteiger partial charge in [0.15, 0.2) is 0 Å². The Balaban J connectivity index is 2.00. The first kappa shape index (κ1) is 15.4. The molecule has 1 heterocycles. The molecule has 2 aromatic carbocycles. The van der Waals surface area contributed by atoms with Crippen molar-refractivity contribution >= 4 is 28.4 Å². The van der Waals surface area contributed by atoms with Crippen LogP contribution in [0.3, 0.4) is 0 Å². The number of rotatable bonds is 2. The smallest absolute Gasteiger partial charge is 0.257 e. The van der Waals surface area contributed by atoms with Crippen LogP contribution in [-0.2, 0) is 0 Å². The van der Waals surface area contributed by atoms with Crippen molar-refractivity contribution < 1.29 is 14.0 Å². The zero-order valence-electron chi connectivity index (χ0n) is 12.7. The summed E-state index contributed by atoms with van der Waals surface area (Å²) in [5, 5.41) is 12.0. The molecule has 1 N–H and O–H groups in total. The van der Waals surface area contributed by atoms with Crippen molar-refractivity contribution in [3.8, 4) is 6.07 Å². The van der Waals surface area contributed by atoms with E-state index in [1.54, 1.807) is 24.3 Å². The second-order valence-corrected chi connectivity index (χ2v) is 5.24. The molecule has 1 aromatic heterocycles. The number of amides is 1. The van der Waals surface area contributed by atoms with Gasteiger partial charge in [-0.25, -0.2) is 4.39 Å². The first-order valence-corrected chi connectivity index (χ1v) is 7.12. The summed E-state index contributed by atoms with van der Waals surface area (Å²) in [6.45, 7) is 1.34. The zero-order valence-corrected chi connectivity index (χ0v) is 12.7. The number of nitriles is 1. The molecule has 24 heavy (non-hydrogen) atoms. The van der Waals surface area contributed by atoms with Gasteiger partial charge in [0.1, 0.15) is 5.82 Å². The molecule has 0 atom stereocenters. The molecular weight excluding hydrogens is 309 g/mol. The van der Waals surface area contributed by atoms with Crippen LogP contribution in [0.25, 0.3) is 10.9 Å². The maximum atomic E-state index is 13.5. The van der Waals surface area contributed by atoms with Crippen molar-refractivity contribution in [1.29, 1.82) is 5.26 Å². The Kier molecular flexibility index (Phi) is 3.84. The SMILES string of the molecule is CC(=O)n1cc(C(=O)Nc2ccc(C#N)cc2)c2ccc(F)cc21. The lowest BCUT2D eigenvalue weighted by molar-refractivity contribution is 0.0941. The number of fused-ring (bicyclic) bond motifs is 1. The summed E-state index contributed by atoms with van der Waals surface area (Å²) in [6, 6.07) is 12.3. The Morgan fingerprint density at radius 2 is 1.88 bits per heavy atom. The Hall–Kier alpha value is -3.46. The molecular formula is C18H12FN3O2. The molecule has 0 bridgehead atoms. The van der Waals surface area contributed by atoms with E-state index in [-0.39, 0.29) is 11.5 Å². The molecule has 6 heteroatoms. The number of aromatic nitrogens is 1. The molecule has 1 amide bonds. The van der Waals surface area contributed by atoms with Crippen molar-refractivity contribution in [2.24, 2.45) is 0 Å². The highest BCUT2D eigenvalue weighted by Gasteiger charge is 2.17. The van der Waals surface area contributed by atoms with Crippen molar-refractivity contribution in [2.75, 3.05) is 5.32 Å². The highest BCUT2D eigenvalue weighted by molar-refractivity contribution is 6.14. The fraction of sp³-hybridized carbons (Fsp3) is 0.0556. The summed E-state index contributed by atoms with van der Waals surface area (Å²) in [5.74, 6) is -1.22. The standard InChI is InChI=1S/C18H12FN3O2/c1-11(23)22-10-16(15-7-4-13(19)8-17(15)22)18(24)21-14-5-2-12(9-20)3-6-14/h2-8,10H,1H3,(H,21,24). The minimum absolute atomic E-state index is 0.268. The number of halogens is 1. The molecule has 0 fully saturated rings. The molecule has 0 unspecified atom stereocenters. The van der Waals surface area contributed by atoms with Crippen molar-refractivity contribution in [2.45, 2.75) is 6.92 Å². The Morgan fingerprint density at radius 3 is 2.50 bits per heavy atom. The number of hydrogen-bond donors (Lipinski definition) is 1. The monoisotopic (exact) mass is 321 g/mol. The van der Waals surface area contributed by atoms with E-state index in [4.69, 9.17) is 5.26 Å². The van der Waals surface area contributed by atoms with E-state index in [1.165, 1.54) is 35.9 Å². The van der Waals surface area contributed by atoms with Crippen LogP contribution in [0.4, 0.5) is 10.1 Å². The van der Waals surface area contributed by atoms with Gasteiger partial charge >= 0.3 is 0 Å². The Labute approximate surface area is 136 Å². The molecule has 0 saturated carbocycles. The van der Waals surface area contributed by atoms with E-state index in [0.29, 0.717) is 22.2 Å². The van der Waals surface area contributed by atoms with Crippen LogP contribution >= 0.6 is 0 Å². The summed E-state index contributed by atoms with van der Waals surface area (Å²) in [5.41, 5.74) is 1.61. The van der Waals surface area contributed by atoms with Crippen LogP contribution in [0.1, 0.15) is 27.6 Å². The maximum absolute atomic E-state index is 13.5. The third kappa shape index (κ3) is 2.75. The third-order valence-corrected chi connectivity index (χ3v) is 3.62. The van der Waals surface area contributed by atoms with Gasteiger partial charge in [-0.05, 0) is 42.5 Å². The fourth-order valence-electron chi connectivity index (χ4n) is 2.47. The molecule has 0 aliphatic heterocycles. The number of nitrogens with one attached hydrogen (secondary N) is 1. The lowest BCUT2D eigenvalue weighted by Gasteiger charge is -2.04. The van der Waals surface area contributed by atoms with Crippen LogP contribution in [0, 0.1) is 17.1 Å². The van der Waals surface area contributed by atoms with Crippen LogP contribution < -0.4 is 5.32 Å². The van der Waals surface area contributed by atoms with Gasteiger partial charge < -0.3 is 5.32 Å². The minimum Gasteiger partial charge on any atom is -0.322 e.